The number of aliphatic imine (C=N–C) groups is 1. The fraction of sp³-hybridized carbons (Fsp3) is 0.444. The largest absolute Gasteiger partial charge is 0.383 e. The Morgan fingerprint density at radius 2 is 2.00 bits per heavy atom. The van der Waals surface area contributed by atoms with E-state index in [4.69, 9.17) is 10.3 Å². The summed E-state index contributed by atoms with van der Waals surface area (Å²) in [4.78, 5) is 8.67. The first kappa shape index (κ1) is 26.2. The predicted octanol–water partition coefficient (Wildman–Crippen LogP) is 3.66. The van der Waals surface area contributed by atoms with E-state index in [0.29, 0.717) is 29.5 Å². The predicted molar refractivity (Wildman–Crippen MR) is 147 cm³/mol. The first-order valence-electron chi connectivity index (χ1n) is 12.6. The summed E-state index contributed by atoms with van der Waals surface area (Å²) in [6, 6.07) is 3.27. The maximum absolute atomic E-state index is 14.7. The molecule has 3 N–H and O–H groups in total. The molecule has 0 atom stereocenters. The molecule has 0 unspecified atom stereocenters. The summed E-state index contributed by atoms with van der Waals surface area (Å²) in [7, 11) is 1.71. The summed E-state index contributed by atoms with van der Waals surface area (Å²) < 4.78 is 21.8. The number of halogens is 1. The van der Waals surface area contributed by atoms with Crippen LogP contribution in [0, 0.1) is 24.6 Å². The lowest BCUT2D eigenvalue weighted by atomic mass is 10.1. The number of nitrogens with zero attached hydrogens (tertiary/aromatic N) is 6. The van der Waals surface area contributed by atoms with Gasteiger partial charge in [-0.1, -0.05) is 18.0 Å². The molecule has 9 nitrogen and oxygen atoms in total. The second-order valence-electron chi connectivity index (χ2n) is 9.14. The number of aryl methyl sites for hydroxylation is 1. The van der Waals surface area contributed by atoms with E-state index >= 15 is 0 Å². The molecule has 1 fully saturated rings. The minimum absolute atomic E-state index is 0.282. The number of nitrogens with two attached hydrogens (primary N) is 1. The molecule has 3 aromatic rings. The van der Waals surface area contributed by atoms with Gasteiger partial charge in [0.1, 0.15) is 11.6 Å². The Kier molecular flexibility index (Phi) is 8.14. The van der Waals surface area contributed by atoms with Crippen LogP contribution in [0.1, 0.15) is 38.4 Å². The maximum atomic E-state index is 14.7. The zero-order valence-corrected chi connectivity index (χ0v) is 22.2. The highest BCUT2D eigenvalue weighted by Crippen LogP contribution is 2.29. The molecule has 2 aromatic heterocycles. The van der Waals surface area contributed by atoms with Crippen LogP contribution in [0.5, 0.6) is 0 Å². The van der Waals surface area contributed by atoms with Gasteiger partial charge in [-0.2, -0.15) is 5.10 Å². The normalized spacial score (nSPS) is 15.5. The average Bonchev–Trinajstić information content (AvgIpc) is 3.45. The number of aromatic nitrogens is 3. The topological polar surface area (TPSA) is 101 Å². The number of nitrogen functional groups attached to an aromatic ring is 1. The number of hydrogen-bond donors (Lipinski definition) is 2. The molecule has 0 saturated carbocycles. The first-order valence-corrected chi connectivity index (χ1v) is 12.6. The van der Waals surface area contributed by atoms with E-state index in [1.807, 2.05) is 17.7 Å². The second-order valence-corrected chi connectivity index (χ2v) is 9.14. The molecule has 1 aromatic carbocycles. The van der Waals surface area contributed by atoms with E-state index in [0.717, 1.165) is 67.1 Å². The molecule has 10 heteroatoms. The number of fused-ring (bicyclic) bond motifs is 1. The molecule has 1 aliphatic heterocycles. The molecular weight excluding hydrogens is 471 g/mol. The third-order valence-corrected chi connectivity index (χ3v) is 6.88. The van der Waals surface area contributed by atoms with Crippen LogP contribution in [0.4, 0.5) is 15.9 Å². The van der Waals surface area contributed by atoms with Gasteiger partial charge >= 0.3 is 0 Å². The molecule has 0 radical (unpaired) electrons. The van der Waals surface area contributed by atoms with Crippen molar-refractivity contribution in [1.82, 2.24) is 25.2 Å². The first-order chi connectivity index (χ1) is 17.9. The fourth-order valence-electron chi connectivity index (χ4n) is 4.49. The van der Waals surface area contributed by atoms with Crippen molar-refractivity contribution in [2.45, 2.75) is 40.7 Å². The molecule has 196 valence electrons. The van der Waals surface area contributed by atoms with Gasteiger partial charge in [-0.3, -0.25) is 9.89 Å². The van der Waals surface area contributed by atoms with Crippen LogP contribution in [-0.4, -0.2) is 65.4 Å². The quantitative estimate of drug-likeness (QED) is 0.287. The lowest BCUT2D eigenvalue weighted by Crippen LogP contribution is -2.47. The highest BCUT2D eigenvalue weighted by Gasteiger charge is 2.22. The van der Waals surface area contributed by atoms with Gasteiger partial charge in [0.2, 0.25) is 0 Å². The summed E-state index contributed by atoms with van der Waals surface area (Å²) in [5.74, 6) is 6.77. The number of amidine groups is 1. The Balaban J connectivity index is 1.40. The van der Waals surface area contributed by atoms with Gasteiger partial charge in [-0.25, -0.2) is 9.07 Å². The van der Waals surface area contributed by atoms with E-state index in [-0.39, 0.29) is 5.82 Å². The SMILES string of the molecule is CC#CC(=NC)NC(=C(C)CC)c1cnn(CCN2CCN(c3cc4c(C)noc4cc3F)CC2)c1N. The minimum Gasteiger partial charge on any atom is -0.383 e. The summed E-state index contributed by atoms with van der Waals surface area (Å²) in [6.07, 6.45) is 2.66. The van der Waals surface area contributed by atoms with Gasteiger partial charge in [0.15, 0.2) is 11.4 Å². The van der Waals surface area contributed by atoms with Gasteiger partial charge in [-0.15, -0.1) is 0 Å². The molecule has 37 heavy (non-hydrogen) atoms. The Labute approximate surface area is 217 Å². The summed E-state index contributed by atoms with van der Waals surface area (Å²) in [6.45, 7) is 12.4. The summed E-state index contributed by atoms with van der Waals surface area (Å²) in [5.41, 5.74) is 11.3. The number of rotatable bonds is 7. The standard InChI is InChI=1S/C27H35FN8O/c1-6-8-25(30-5)32-26(18(3)7-2)21-17-31-36(27(21)29)14-11-34-9-12-35(13-10-34)23-15-20-19(4)33-37-24(20)16-22(23)28/h15-17H,7,9-14,29H2,1-5H3,(H,30,32). The maximum Gasteiger partial charge on any atom is 0.178 e. The molecule has 3 heterocycles. The zero-order chi connectivity index (χ0) is 26.5. The molecule has 4 rings (SSSR count). The zero-order valence-electron chi connectivity index (χ0n) is 22.2. The van der Waals surface area contributed by atoms with Crippen LogP contribution in [0.2, 0.25) is 0 Å². The third-order valence-electron chi connectivity index (χ3n) is 6.88. The molecule has 0 aliphatic carbocycles. The van der Waals surface area contributed by atoms with E-state index in [1.54, 1.807) is 20.2 Å². The smallest absolute Gasteiger partial charge is 0.178 e. The third kappa shape index (κ3) is 5.62. The fourth-order valence-corrected chi connectivity index (χ4v) is 4.49. The van der Waals surface area contributed by atoms with Crippen LogP contribution in [-0.2, 0) is 6.54 Å². The van der Waals surface area contributed by atoms with Crippen molar-refractivity contribution >= 4 is 34.0 Å². The Morgan fingerprint density at radius 1 is 1.24 bits per heavy atom. The van der Waals surface area contributed by atoms with Crippen LogP contribution in [0.15, 0.2) is 33.4 Å². The Hall–Kier alpha value is -3.84. The highest BCUT2D eigenvalue weighted by molar-refractivity contribution is 6.04. The average molecular weight is 507 g/mol. The molecule has 1 aliphatic rings. The van der Waals surface area contributed by atoms with E-state index < -0.39 is 0 Å². The number of anilines is 2. The van der Waals surface area contributed by atoms with Gasteiger partial charge in [0.05, 0.1) is 35.4 Å². The summed E-state index contributed by atoms with van der Waals surface area (Å²) >= 11 is 0. The lowest BCUT2D eigenvalue weighted by Gasteiger charge is -2.36. The molecule has 0 bridgehead atoms. The van der Waals surface area contributed by atoms with Crippen molar-refractivity contribution < 1.29 is 8.91 Å². The van der Waals surface area contributed by atoms with E-state index in [9.17, 15) is 4.39 Å². The molecular formula is C27H35FN8O. The lowest BCUT2D eigenvalue weighted by molar-refractivity contribution is 0.244. The molecule has 0 spiro atoms. The van der Waals surface area contributed by atoms with Crippen molar-refractivity contribution in [1.29, 1.82) is 0 Å². The van der Waals surface area contributed by atoms with Crippen molar-refractivity contribution in [2.24, 2.45) is 4.99 Å². The number of nitrogens with one attached hydrogen (secondary N) is 1. The Morgan fingerprint density at radius 3 is 2.68 bits per heavy atom. The van der Waals surface area contributed by atoms with Gasteiger partial charge in [0.25, 0.3) is 0 Å². The van der Waals surface area contributed by atoms with Crippen molar-refractivity contribution in [3.8, 4) is 11.8 Å². The van der Waals surface area contributed by atoms with Crippen molar-refractivity contribution in [3.63, 3.8) is 0 Å². The number of allylic oxidation sites excluding steroid dienone is 1. The minimum atomic E-state index is -0.282. The van der Waals surface area contributed by atoms with E-state index in [2.05, 4.69) is 56.1 Å². The molecule has 1 saturated heterocycles. The Bertz CT molecular complexity index is 1380. The monoisotopic (exact) mass is 506 g/mol. The second kappa shape index (κ2) is 11.5. The number of piperazine rings is 1. The van der Waals surface area contributed by atoms with Crippen LogP contribution >= 0.6 is 0 Å². The summed E-state index contributed by atoms with van der Waals surface area (Å²) in [5, 5.41) is 12.7. The van der Waals surface area contributed by atoms with Gasteiger partial charge < -0.3 is 20.5 Å². The van der Waals surface area contributed by atoms with Crippen LogP contribution < -0.4 is 16.0 Å². The van der Waals surface area contributed by atoms with Crippen molar-refractivity contribution in [2.75, 3.05) is 50.4 Å². The van der Waals surface area contributed by atoms with Crippen LogP contribution in [0.3, 0.4) is 0 Å². The number of benzene rings is 1. The van der Waals surface area contributed by atoms with Crippen LogP contribution in [0.25, 0.3) is 16.7 Å². The van der Waals surface area contributed by atoms with E-state index in [1.165, 1.54) is 6.07 Å². The van der Waals surface area contributed by atoms with Crippen molar-refractivity contribution in [3.05, 3.63) is 41.0 Å². The number of hydrogen-bond acceptors (Lipinski definition) is 7. The highest BCUT2D eigenvalue weighted by atomic mass is 19.1. The van der Waals surface area contributed by atoms with Gasteiger partial charge in [-0.05, 0) is 44.8 Å². The van der Waals surface area contributed by atoms with Gasteiger partial charge in [0, 0.05) is 51.2 Å². The molecule has 0 amide bonds.